The molecule has 4 nitrogen and oxygen atoms in total. The molecule has 1 atom stereocenters. The Morgan fingerprint density at radius 1 is 1.37 bits per heavy atom. The predicted molar refractivity (Wildman–Crippen MR) is 74.7 cm³/mol. The maximum atomic E-state index is 4.46. The van der Waals surface area contributed by atoms with Crippen LogP contribution in [0.2, 0.25) is 0 Å². The van der Waals surface area contributed by atoms with Gasteiger partial charge in [0.25, 0.3) is 0 Å². The molecule has 0 N–H and O–H groups in total. The van der Waals surface area contributed by atoms with Crippen LogP contribution in [0.1, 0.15) is 30.1 Å². The number of aromatic nitrogens is 3. The molecule has 0 amide bonds. The second-order valence-corrected chi connectivity index (χ2v) is 5.31. The van der Waals surface area contributed by atoms with Gasteiger partial charge < -0.3 is 4.57 Å². The minimum Gasteiger partial charge on any atom is -0.353 e. The normalized spacial score (nSPS) is 20.6. The molecular weight excluding hydrogens is 236 g/mol. The van der Waals surface area contributed by atoms with Gasteiger partial charge in [0.05, 0.1) is 5.69 Å². The smallest absolute Gasteiger partial charge is 0.0630 e. The van der Waals surface area contributed by atoms with Crippen LogP contribution in [0.25, 0.3) is 0 Å². The van der Waals surface area contributed by atoms with E-state index in [2.05, 4.69) is 44.8 Å². The molecule has 0 aliphatic carbocycles. The van der Waals surface area contributed by atoms with Crippen LogP contribution in [-0.2, 0) is 13.6 Å². The Hall–Kier alpha value is -1.68. The van der Waals surface area contributed by atoms with Crippen LogP contribution in [-0.4, -0.2) is 32.5 Å². The number of aryl methyl sites for hydroxylation is 1. The van der Waals surface area contributed by atoms with E-state index in [1.807, 2.05) is 6.20 Å². The predicted octanol–water partition coefficient (Wildman–Crippen LogP) is 2.19. The molecule has 0 spiro atoms. The van der Waals surface area contributed by atoms with Gasteiger partial charge in [0.2, 0.25) is 0 Å². The monoisotopic (exact) mass is 256 g/mol. The van der Waals surface area contributed by atoms with E-state index >= 15 is 0 Å². The summed E-state index contributed by atoms with van der Waals surface area (Å²) in [5.41, 5.74) is 2.51. The SMILES string of the molecule is Cn1cccc1CN1CCC[C@@H](c2cnccn2)C1. The first kappa shape index (κ1) is 12.4. The van der Waals surface area contributed by atoms with Crippen molar-refractivity contribution < 1.29 is 0 Å². The van der Waals surface area contributed by atoms with Gasteiger partial charge in [0, 0.05) is 56.5 Å². The van der Waals surface area contributed by atoms with Crippen molar-refractivity contribution in [2.24, 2.45) is 7.05 Å². The van der Waals surface area contributed by atoms with Gasteiger partial charge in [0.15, 0.2) is 0 Å². The third-order valence-corrected chi connectivity index (χ3v) is 3.94. The Labute approximate surface area is 114 Å². The van der Waals surface area contributed by atoms with Crippen molar-refractivity contribution in [2.45, 2.75) is 25.3 Å². The van der Waals surface area contributed by atoms with E-state index in [4.69, 9.17) is 0 Å². The highest BCUT2D eigenvalue weighted by molar-refractivity contribution is 5.09. The molecule has 0 radical (unpaired) electrons. The molecule has 1 saturated heterocycles. The summed E-state index contributed by atoms with van der Waals surface area (Å²) in [7, 11) is 2.11. The average molecular weight is 256 g/mol. The summed E-state index contributed by atoms with van der Waals surface area (Å²) in [6, 6.07) is 4.31. The number of nitrogens with zero attached hydrogens (tertiary/aromatic N) is 4. The molecule has 0 aromatic carbocycles. The molecule has 1 aliphatic heterocycles. The fraction of sp³-hybridized carbons (Fsp3) is 0.467. The highest BCUT2D eigenvalue weighted by Gasteiger charge is 2.22. The van der Waals surface area contributed by atoms with Crippen LogP contribution in [0.5, 0.6) is 0 Å². The molecule has 1 fully saturated rings. The molecule has 0 bridgehead atoms. The van der Waals surface area contributed by atoms with E-state index in [0.29, 0.717) is 5.92 Å². The summed E-state index contributed by atoms with van der Waals surface area (Å²) < 4.78 is 2.20. The fourth-order valence-electron chi connectivity index (χ4n) is 2.85. The lowest BCUT2D eigenvalue weighted by Gasteiger charge is -2.32. The lowest BCUT2D eigenvalue weighted by molar-refractivity contribution is 0.194. The van der Waals surface area contributed by atoms with Gasteiger partial charge in [-0.05, 0) is 31.5 Å². The number of hydrogen-bond acceptors (Lipinski definition) is 3. The van der Waals surface area contributed by atoms with Crippen LogP contribution >= 0.6 is 0 Å². The van der Waals surface area contributed by atoms with Crippen molar-refractivity contribution in [2.75, 3.05) is 13.1 Å². The van der Waals surface area contributed by atoms with Gasteiger partial charge in [-0.25, -0.2) is 0 Å². The highest BCUT2D eigenvalue weighted by atomic mass is 15.1. The van der Waals surface area contributed by atoms with E-state index in [-0.39, 0.29) is 0 Å². The zero-order valence-corrected chi connectivity index (χ0v) is 11.4. The van der Waals surface area contributed by atoms with E-state index in [9.17, 15) is 0 Å². The van der Waals surface area contributed by atoms with Gasteiger partial charge in [-0.15, -0.1) is 0 Å². The zero-order valence-electron chi connectivity index (χ0n) is 11.4. The van der Waals surface area contributed by atoms with Crippen molar-refractivity contribution in [3.05, 3.63) is 48.3 Å². The van der Waals surface area contributed by atoms with E-state index < -0.39 is 0 Å². The lowest BCUT2D eigenvalue weighted by atomic mass is 9.95. The van der Waals surface area contributed by atoms with Crippen LogP contribution in [0, 0.1) is 0 Å². The van der Waals surface area contributed by atoms with Gasteiger partial charge in [-0.2, -0.15) is 0 Å². The summed E-state index contributed by atoms with van der Waals surface area (Å²) >= 11 is 0. The van der Waals surface area contributed by atoms with Crippen molar-refractivity contribution in [3.63, 3.8) is 0 Å². The largest absolute Gasteiger partial charge is 0.353 e. The maximum Gasteiger partial charge on any atom is 0.0630 e. The Bertz CT molecular complexity index is 520. The maximum absolute atomic E-state index is 4.46. The molecule has 100 valence electrons. The highest BCUT2D eigenvalue weighted by Crippen LogP contribution is 2.25. The number of rotatable bonds is 3. The molecule has 3 rings (SSSR count). The first-order chi connectivity index (χ1) is 9.33. The molecule has 2 aromatic rings. The van der Waals surface area contributed by atoms with Crippen molar-refractivity contribution in [1.29, 1.82) is 0 Å². The minimum absolute atomic E-state index is 0.530. The van der Waals surface area contributed by atoms with E-state index in [1.165, 1.54) is 25.1 Å². The molecular formula is C15H20N4. The van der Waals surface area contributed by atoms with E-state index in [1.54, 1.807) is 12.4 Å². The quantitative estimate of drug-likeness (QED) is 0.844. The standard InChI is InChI=1S/C15H20N4/c1-18-8-3-5-14(18)12-19-9-2-4-13(11-19)15-10-16-6-7-17-15/h3,5-8,10,13H,2,4,9,11-12H2,1H3/t13-/m1/s1. The first-order valence-electron chi connectivity index (χ1n) is 6.91. The summed E-state index contributed by atoms with van der Waals surface area (Å²) in [6.45, 7) is 3.30. The second kappa shape index (κ2) is 5.53. The molecule has 4 heteroatoms. The van der Waals surface area contributed by atoms with Crippen LogP contribution in [0.4, 0.5) is 0 Å². The lowest BCUT2D eigenvalue weighted by Crippen LogP contribution is -2.34. The third-order valence-electron chi connectivity index (χ3n) is 3.94. The topological polar surface area (TPSA) is 34.0 Å². The Kier molecular flexibility index (Phi) is 3.60. The average Bonchev–Trinajstić information content (AvgIpc) is 2.86. The molecule has 3 heterocycles. The minimum atomic E-state index is 0.530. The van der Waals surface area contributed by atoms with Crippen LogP contribution < -0.4 is 0 Å². The molecule has 0 saturated carbocycles. The fourth-order valence-corrected chi connectivity index (χ4v) is 2.85. The Morgan fingerprint density at radius 2 is 2.32 bits per heavy atom. The van der Waals surface area contributed by atoms with Gasteiger partial charge in [-0.1, -0.05) is 0 Å². The summed E-state index contributed by atoms with van der Waals surface area (Å²) in [5.74, 6) is 0.530. The van der Waals surface area contributed by atoms with Gasteiger partial charge >= 0.3 is 0 Å². The zero-order chi connectivity index (χ0) is 13.1. The van der Waals surface area contributed by atoms with Crippen molar-refractivity contribution >= 4 is 0 Å². The third kappa shape index (κ3) is 2.84. The number of likely N-dealkylation sites (tertiary alicyclic amines) is 1. The van der Waals surface area contributed by atoms with Gasteiger partial charge in [0.1, 0.15) is 0 Å². The summed E-state index contributed by atoms with van der Waals surface area (Å²) in [5, 5.41) is 0. The number of piperidine rings is 1. The van der Waals surface area contributed by atoms with Crippen molar-refractivity contribution in [1.82, 2.24) is 19.4 Å². The number of hydrogen-bond donors (Lipinski definition) is 0. The van der Waals surface area contributed by atoms with E-state index in [0.717, 1.165) is 18.8 Å². The second-order valence-electron chi connectivity index (χ2n) is 5.31. The van der Waals surface area contributed by atoms with Gasteiger partial charge in [-0.3, -0.25) is 14.9 Å². The molecule has 1 aliphatic rings. The summed E-state index contributed by atoms with van der Waals surface area (Å²) in [6.07, 6.45) is 10.0. The Morgan fingerprint density at radius 3 is 3.05 bits per heavy atom. The summed E-state index contributed by atoms with van der Waals surface area (Å²) in [4.78, 5) is 11.2. The first-order valence-corrected chi connectivity index (χ1v) is 6.91. The molecule has 0 unspecified atom stereocenters. The van der Waals surface area contributed by atoms with Crippen LogP contribution in [0.3, 0.4) is 0 Å². The molecule has 19 heavy (non-hydrogen) atoms. The van der Waals surface area contributed by atoms with Crippen LogP contribution in [0.15, 0.2) is 36.9 Å². The van der Waals surface area contributed by atoms with Crippen molar-refractivity contribution in [3.8, 4) is 0 Å². The Balaban J connectivity index is 1.67. The molecule has 2 aromatic heterocycles.